The summed E-state index contributed by atoms with van der Waals surface area (Å²) >= 11 is 4.76. The number of ether oxygens (including phenoxy) is 1. The van der Waals surface area contributed by atoms with Gasteiger partial charge < -0.3 is 15.8 Å². The van der Waals surface area contributed by atoms with Gasteiger partial charge in [0.1, 0.15) is 17.3 Å². The van der Waals surface area contributed by atoms with Crippen LogP contribution >= 0.6 is 12.2 Å². The van der Waals surface area contributed by atoms with Gasteiger partial charge in [0.15, 0.2) is 0 Å². The van der Waals surface area contributed by atoms with E-state index in [0.29, 0.717) is 17.0 Å². The molecule has 0 fully saturated rings. The second-order valence-electron chi connectivity index (χ2n) is 3.95. The van der Waals surface area contributed by atoms with Gasteiger partial charge in [-0.25, -0.2) is 0 Å². The molecule has 1 aromatic heterocycles. The summed E-state index contributed by atoms with van der Waals surface area (Å²) in [5.74, 6) is 0.252. The first-order valence-corrected chi connectivity index (χ1v) is 6.29. The number of benzene rings is 1. The number of nitrogens with zero attached hydrogens (tertiary/aromatic N) is 1. The van der Waals surface area contributed by atoms with E-state index in [1.165, 1.54) is 6.20 Å². The number of thiocarbonyl (C=S) groups is 1. The number of rotatable bonds is 5. The zero-order chi connectivity index (χ0) is 14.4. The van der Waals surface area contributed by atoms with Crippen LogP contribution in [0.5, 0.6) is 5.75 Å². The summed E-state index contributed by atoms with van der Waals surface area (Å²) in [7, 11) is 0. The summed E-state index contributed by atoms with van der Waals surface area (Å²) < 4.78 is 5.44. The highest BCUT2D eigenvalue weighted by molar-refractivity contribution is 7.80. The lowest BCUT2D eigenvalue weighted by atomic mass is 10.2. The van der Waals surface area contributed by atoms with Gasteiger partial charge in [-0.15, -0.1) is 0 Å². The lowest BCUT2D eigenvalue weighted by Gasteiger charge is -2.11. The highest BCUT2D eigenvalue weighted by Gasteiger charge is 2.09. The molecule has 0 aliphatic rings. The largest absolute Gasteiger partial charge is 0.484 e. The van der Waals surface area contributed by atoms with E-state index in [1.54, 1.807) is 42.6 Å². The molecule has 1 amide bonds. The molecule has 1 aromatic carbocycles. The molecule has 0 atom stereocenters. The summed E-state index contributed by atoms with van der Waals surface area (Å²) in [4.78, 5) is 16.2. The summed E-state index contributed by atoms with van der Waals surface area (Å²) in [6, 6.07) is 10.5. The number of carbonyl (C=O) groups excluding carboxylic acids is 1. The highest BCUT2D eigenvalue weighted by Crippen LogP contribution is 2.24. The number of aromatic nitrogens is 1. The fourth-order valence-corrected chi connectivity index (χ4v) is 1.60. The number of nitrogens with one attached hydrogen (secondary N) is 1. The fourth-order valence-electron chi connectivity index (χ4n) is 1.54. The molecule has 0 saturated carbocycles. The molecule has 0 saturated heterocycles. The standard InChI is InChI=1S/C14H13N3O2S/c15-13(20)9-19-12-6-2-1-5-11(12)17-14(18)10-4-3-7-16-8-10/h1-8H,9H2,(H2,15,20)(H,17,18). The summed E-state index contributed by atoms with van der Waals surface area (Å²) in [5.41, 5.74) is 6.42. The van der Waals surface area contributed by atoms with Crippen LogP contribution in [0.1, 0.15) is 10.4 Å². The van der Waals surface area contributed by atoms with Gasteiger partial charge in [0.05, 0.1) is 11.3 Å². The molecule has 0 radical (unpaired) electrons. The van der Waals surface area contributed by atoms with Crippen LogP contribution in [-0.2, 0) is 0 Å². The Kier molecular flexibility index (Phi) is 4.62. The second kappa shape index (κ2) is 6.63. The van der Waals surface area contributed by atoms with Crippen LogP contribution in [-0.4, -0.2) is 22.5 Å². The Balaban J connectivity index is 2.13. The van der Waals surface area contributed by atoms with Crippen molar-refractivity contribution in [2.75, 3.05) is 11.9 Å². The number of para-hydroxylation sites is 2. The molecule has 2 rings (SSSR count). The number of nitrogens with two attached hydrogens (primary N) is 1. The van der Waals surface area contributed by atoms with Gasteiger partial charge in [-0.3, -0.25) is 9.78 Å². The number of hydrogen-bond acceptors (Lipinski definition) is 4. The zero-order valence-electron chi connectivity index (χ0n) is 10.6. The molecule has 0 spiro atoms. The summed E-state index contributed by atoms with van der Waals surface area (Å²) in [6.07, 6.45) is 3.10. The Bertz CT molecular complexity index is 617. The van der Waals surface area contributed by atoms with Gasteiger partial charge >= 0.3 is 0 Å². The van der Waals surface area contributed by atoms with Crippen molar-refractivity contribution in [2.24, 2.45) is 5.73 Å². The van der Waals surface area contributed by atoms with E-state index in [1.807, 2.05) is 0 Å². The maximum atomic E-state index is 12.0. The molecule has 0 aliphatic carbocycles. The van der Waals surface area contributed by atoms with Crippen molar-refractivity contribution >= 4 is 28.8 Å². The van der Waals surface area contributed by atoms with E-state index < -0.39 is 0 Å². The number of hydrogen-bond donors (Lipinski definition) is 2. The minimum atomic E-state index is -0.260. The predicted molar refractivity (Wildman–Crippen MR) is 80.9 cm³/mol. The lowest BCUT2D eigenvalue weighted by molar-refractivity contribution is 0.102. The number of pyridine rings is 1. The monoisotopic (exact) mass is 287 g/mol. The number of carbonyl (C=O) groups is 1. The maximum absolute atomic E-state index is 12.0. The SMILES string of the molecule is NC(=S)COc1ccccc1NC(=O)c1cccnc1. The minimum absolute atomic E-state index is 0.120. The summed E-state index contributed by atoms with van der Waals surface area (Å²) in [5, 5.41) is 2.76. The van der Waals surface area contributed by atoms with Crippen LogP contribution in [0.3, 0.4) is 0 Å². The number of anilines is 1. The van der Waals surface area contributed by atoms with Gasteiger partial charge in [-0.2, -0.15) is 0 Å². The van der Waals surface area contributed by atoms with Crippen molar-refractivity contribution in [3.63, 3.8) is 0 Å². The van der Waals surface area contributed by atoms with E-state index in [0.717, 1.165) is 0 Å². The summed E-state index contributed by atoms with van der Waals surface area (Å²) in [6.45, 7) is 0.120. The van der Waals surface area contributed by atoms with Gasteiger partial charge in [0.25, 0.3) is 5.91 Å². The Morgan fingerprint density at radius 3 is 2.80 bits per heavy atom. The zero-order valence-corrected chi connectivity index (χ0v) is 11.4. The van der Waals surface area contributed by atoms with Crippen LogP contribution in [0.25, 0.3) is 0 Å². The first-order valence-electron chi connectivity index (χ1n) is 5.88. The van der Waals surface area contributed by atoms with Crippen LogP contribution in [0, 0.1) is 0 Å². The average Bonchev–Trinajstić information content (AvgIpc) is 2.47. The quantitative estimate of drug-likeness (QED) is 0.822. The Hall–Kier alpha value is -2.47. The molecule has 102 valence electrons. The molecule has 1 heterocycles. The molecule has 6 heteroatoms. The Morgan fingerprint density at radius 2 is 2.10 bits per heavy atom. The van der Waals surface area contributed by atoms with E-state index in [9.17, 15) is 4.79 Å². The lowest BCUT2D eigenvalue weighted by Crippen LogP contribution is -2.19. The number of amides is 1. The van der Waals surface area contributed by atoms with Gasteiger partial charge in [0, 0.05) is 12.4 Å². The van der Waals surface area contributed by atoms with Crippen LogP contribution in [0.4, 0.5) is 5.69 Å². The normalized spacial score (nSPS) is 9.80. The topological polar surface area (TPSA) is 77.2 Å². The molecule has 0 aliphatic heterocycles. The van der Waals surface area contributed by atoms with E-state index in [-0.39, 0.29) is 17.5 Å². The molecule has 5 nitrogen and oxygen atoms in total. The minimum Gasteiger partial charge on any atom is -0.484 e. The Morgan fingerprint density at radius 1 is 1.30 bits per heavy atom. The Labute approximate surface area is 121 Å². The van der Waals surface area contributed by atoms with E-state index in [2.05, 4.69) is 10.3 Å². The molecule has 0 unspecified atom stereocenters. The van der Waals surface area contributed by atoms with Gasteiger partial charge in [-0.05, 0) is 24.3 Å². The van der Waals surface area contributed by atoms with E-state index in [4.69, 9.17) is 22.7 Å². The van der Waals surface area contributed by atoms with Crippen molar-refractivity contribution in [1.29, 1.82) is 0 Å². The van der Waals surface area contributed by atoms with Gasteiger partial charge in [-0.1, -0.05) is 24.4 Å². The molecular formula is C14H13N3O2S. The van der Waals surface area contributed by atoms with Crippen LogP contribution in [0.2, 0.25) is 0 Å². The van der Waals surface area contributed by atoms with Crippen LogP contribution < -0.4 is 15.8 Å². The van der Waals surface area contributed by atoms with E-state index >= 15 is 0 Å². The predicted octanol–water partition coefficient (Wildman–Crippen LogP) is 2.00. The van der Waals surface area contributed by atoms with Gasteiger partial charge in [0.2, 0.25) is 0 Å². The van der Waals surface area contributed by atoms with Crippen molar-refractivity contribution in [1.82, 2.24) is 4.98 Å². The molecule has 0 bridgehead atoms. The molecule has 2 aromatic rings. The first-order chi connectivity index (χ1) is 9.66. The van der Waals surface area contributed by atoms with Crippen molar-refractivity contribution in [3.05, 3.63) is 54.4 Å². The third-order valence-corrected chi connectivity index (χ3v) is 2.55. The molecular weight excluding hydrogens is 274 g/mol. The molecule has 20 heavy (non-hydrogen) atoms. The van der Waals surface area contributed by atoms with Crippen molar-refractivity contribution < 1.29 is 9.53 Å². The van der Waals surface area contributed by atoms with Crippen molar-refractivity contribution in [3.8, 4) is 5.75 Å². The second-order valence-corrected chi connectivity index (χ2v) is 4.47. The first kappa shape index (κ1) is 14.0. The van der Waals surface area contributed by atoms with Crippen LogP contribution in [0.15, 0.2) is 48.8 Å². The third-order valence-electron chi connectivity index (χ3n) is 2.43. The highest BCUT2D eigenvalue weighted by atomic mass is 32.1. The smallest absolute Gasteiger partial charge is 0.257 e. The fraction of sp³-hybridized carbons (Fsp3) is 0.0714. The van der Waals surface area contributed by atoms with Crippen molar-refractivity contribution in [2.45, 2.75) is 0 Å². The third kappa shape index (κ3) is 3.76. The average molecular weight is 287 g/mol. The molecule has 3 N–H and O–H groups in total. The maximum Gasteiger partial charge on any atom is 0.257 e.